The van der Waals surface area contributed by atoms with Crippen LogP contribution in [-0.2, 0) is 0 Å². The van der Waals surface area contributed by atoms with Gasteiger partial charge in [0.05, 0.1) is 5.52 Å². The van der Waals surface area contributed by atoms with Crippen LogP contribution in [0.5, 0.6) is 0 Å². The summed E-state index contributed by atoms with van der Waals surface area (Å²) in [5.74, 6) is 0.322. The van der Waals surface area contributed by atoms with E-state index < -0.39 is 6.09 Å². The number of nitrogens with one attached hydrogen (secondary N) is 1. The number of amides is 1. The molecule has 0 spiro atoms. The third kappa shape index (κ3) is 1.88. The first-order valence-electron chi connectivity index (χ1n) is 4.73. The molecule has 4 N–H and O–H groups in total. The largest absolute Gasteiger partial charge is 0.465 e. The van der Waals surface area contributed by atoms with Gasteiger partial charge in [0.25, 0.3) is 0 Å². The number of fused-ring (bicyclic) bond motifs is 1. The van der Waals surface area contributed by atoms with E-state index in [2.05, 4.69) is 10.3 Å². The van der Waals surface area contributed by atoms with Crippen LogP contribution in [0.3, 0.4) is 0 Å². The molecule has 82 valence electrons. The molecule has 1 heterocycles. The minimum atomic E-state index is -1.12. The number of hydrogen-bond acceptors (Lipinski definition) is 3. The standard InChI is InChI=1S/C11H11N3O2/c1-6-4-10(14-11(15)16)13-9-3-2-7(12)5-8(6)9/h2-5H,12H2,1H3,(H,13,14)(H,15,16). The van der Waals surface area contributed by atoms with E-state index in [0.29, 0.717) is 11.5 Å². The third-order valence-corrected chi connectivity index (χ3v) is 2.27. The van der Waals surface area contributed by atoms with Crippen LogP contribution in [0.4, 0.5) is 16.3 Å². The predicted octanol–water partition coefficient (Wildman–Crippen LogP) is 2.22. The molecule has 0 radical (unpaired) electrons. The second kappa shape index (κ2) is 3.69. The normalized spacial score (nSPS) is 10.3. The zero-order valence-corrected chi connectivity index (χ0v) is 8.69. The van der Waals surface area contributed by atoms with E-state index in [0.717, 1.165) is 16.5 Å². The van der Waals surface area contributed by atoms with Crippen LogP contribution in [0.2, 0.25) is 0 Å². The van der Waals surface area contributed by atoms with Crippen molar-refractivity contribution < 1.29 is 9.90 Å². The van der Waals surface area contributed by atoms with Gasteiger partial charge >= 0.3 is 6.09 Å². The minimum absolute atomic E-state index is 0.322. The number of carboxylic acid groups (broad SMARTS) is 1. The lowest BCUT2D eigenvalue weighted by Gasteiger charge is -2.06. The van der Waals surface area contributed by atoms with Crippen LogP contribution in [0, 0.1) is 6.92 Å². The van der Waals surface area contributed by atoms with E-state index in [4.69, 9.17) is 10.8 Å². The quantitative estimate of drug-likeness (QED) is 0.639. The average molecular weight is 217 g/mol. The van der Waals surface area contributed by atoms with Crippen LogP contribution in [0.25, 0.3) is 10.9 Å². The summed E-state index contributed by atoms with van der Waals surface area (Å²) < 4.78 is 0. The molecule has 2 rings (SSSR count). The first kappa shape index (κ1) is 10.2. The highest BCUT2D eigenvalue weighted by Gasteiger charge is 2.05. The predicted molar refractivity (Wildman–Crippen MR) is 62.5 cm³/mol. The number of nitrogens with two attached hydrogens (primary N) is 1. The Morgan fingerprint density at radius 1 is 1.44 bits per heavy atom. The Morgan fingerprint density at radius 2 is 2.19 bits per heavy atom. The molecule has 0 aliphatic carbocycles. The van der Waals surface area contributed by atoms with Crippen molar-refractivity contribution in [2.45, 2.75) is 6.92 Å². The number of nitrogen functional groups attached to an aromatic ring is 1. The fourth-order valence-corrected chi connectivity index (χ4v) is 1.59. The number of carbonyl (C=O) groups is 1. The highest BCUT2D eigenvalue weighted by atomic mass is 16.4. The topological polar surface area (TPSA) is 88.2 Å². The first-order chi connectivity index (χ1) is 7.56. The molecular weight excluding hydrogens is 206 g/mol. The summed E-state index contributed by atoms with van der Waals surface area (Å²) >= 11 is 0. The van der Waals surface area contributed by atoms with Crippen molar-refractivity contribution in [1.29, 1.82) is 0 Å². The highest BCUT2D eigenvalue weighted by molar-refractivity contribution is 5.89. The van der Waals surface area contributed by atoms with Crippen molar-refractivity contribution in [3.63, 3.8) is 0 Å². The van der Waals surface area contributed by atoms with Gasteiger partial charge in [0.1, 0.15) is 5.82 Å². The molecule has 1 amide bonds. The number of aromatic nitrogens is 1. The number of benzene rings is 1. The molecular formula is C11H11N3O2. The van der Waals surface area contributed by atoms with Crippen LogP contribution in [0.15, 0.2) is 24.3 Å². The van der Waals surface area contributed by atoms with Crippen LogP contribution in [0.1, 0.15) is 5.56 Å². The Kier molecular flexibility index (Phi) is 2.36. The molecule has 2 aromatic rings. The Bertz CT molecular complexity index is 566. The summed E-state index contributed by atoms with van der Waals surface area (Å²) in [7, 11) is 0. The van der Waals surface area contributed by atoms with Crippen molar-refractivity contribution in [1.82, 2.24) is 4.98 Å². The number of pyridine rings is 1. The summed E-state index contributed by atoms with van der Waals surface area (Å²) in [4.78, 5) is 14.7. The van der Waals surface area contributed by atoms with Gasteiger partial charge < -0.3 is 10.8 Å². The van der Waals surface area contributed by atoms with Crippen LogP contribution in [-0.4, -0.2) is 16.2 Å². The summed E-state index contributed by atoms with van der Waals surface area (Å²) in [6, 6.07) is 7.00. The third-order valence-electron chi connectivity index (χ3n) is 2.27. The van der Waals surface area contributed by atoms with Gasteiger partial charge in [0.15, 0.2) is 0 Å². The van der Waals surface area contributed by atoms with E-state index in [1.54, 1.807) is 18.2 Å². The number of aryl methyl sites for hydroxylation is 1. The lowest BCUT2D eigenvalue weighted by molar-refractivity contribution is 0.209. The van der Waals surface area contributed by atoms with Crippen LogP contribution >= 0.6 is 0 Å². The molecule has 0 fully saturated rings. The molecule has 0 saturated carbocycles. The van der Waals surface area contributed by atoms with E-state index in [1.165, 1.54) is 0 Å². The molecule has 5 heteroatoms. The molecule has 0 saturated heterocycles. The number of anilines is 2. The van der Waals surface area contributed by atoms with Crippen molar-refractivity contribution in [3.05, 3.63) is 29.8 Å². The zero-order chi connectivity index (χ0) is 11.7. The Morgan fingerprint density at radius 3 is 2.88 bits per heavy atom. The second-order valence-electron chi connectivity index (χ2n) is 3.53. The lowest BCUT2D eigenvalue weighted by atomic mass is 10.1. The van der Waals surface area contributed by atoms with Gasteiger partial charge in [0, 0.05) is 11.1 Å². The molecule has 0 aliphatic rings. The molecule has 0 bridgehead atoms. The Labute approximate surface area is 91.9 Å². The second-order valence-corrected chi connectivity index (χ2v) is 3.53. The monoisotopic (exact) mass is 217 g/mol. The number of hydrogen-bond donors (Lipinski definition) is 3. The maximum Gasteiger partial charge on any atom is 0.410 e. The molecule has 16 heavy (non-hydrogen) atoms. The lowest BCUT2D eigenvalue weighted by Crippen LogP contribution is -2.09. The first-order valence-corrected chi connectivity index (χ1v) is 4.73. The Hall–Kier alpha value is -2.30. The van der Waals surface area contributed by atoms with Crippen molar-refractivity contribution >= 4 is 28.5 Å². The van der Waals surface area contributed by atoms with Gasteiger partial charge in [-0.2, -0.15) is 0 Å². The summed E-state index contributed by atoms with van der Waals surface area (Å²) in [5.41, 5.74) is 7.99. The fraction of sp³-hybridized carbons (Fsp3) is 0.0909. The SMILES string of the molecule is Cc1cc(NC(=O)O)nc2ccc(N)cc12. The van der Waals surface area contributed by atoms with E-state index >= 15 is 0 Å². The maximum absolute atomic E-state index is 10.5. The summed E-state index contributed by atoms with van der Waals surface area (Å²) in [5, 5.41) is 11.8. The van der Waals surface area contributed by atoms with Gasteiger partial charge in [0.2, 0.25) is 0 Å². The number of rotatable bonds is 1. The van der Waals surface area contributed by atoms with Gasteiger partial charge in [-0.1, -0.05) is 0 Å². The molecule has 0 unspecified atom stereocenters. The number of nitrogens with zero attached hydrogens (tertiary/aromatic N) is 1. The van der Waals surface area contributed by atoms with Crippen LogP contribution < -0.4 is 11.1 Å². The minimum Gasteiger partial charge on any atom is -0.465 e. The summed E-state index contributed by atoms with van der Waals surface area (Å²) in [6.45, 7) is 1.89. The zero-order valence-electron chi connectivity index (χ0n) is 8.69. The smallest absolute Gasteiger partial charge is 0.410 e. The Balaban J connectivity index is 2.59. The molecule has 0 aliphatic heterocycles. The van der Waals surface area contributed by atoms with Crippen molar-refractivity contribution in [2.24, 2.45) is 0 Å². The molecule has 0 atom stereocenters. The maximum atomic E-state index is 10.5. The molecule has 1 aromatic carbocycles. The molecule has 1 aromatic heterocycles. The molecule has 5 nitrogen and oxygen atoms in total. The van der Waals surface area contributed by atoms with Crippen molar-refractivity contribution in [2.75, 3.05) is 11.1 Å². The fourth-order valence-electron chi connectivity index (χ4n) is 1.59. The van der Waals surface area contributed by atoms with Gasteiger partial charge in [-0.05, 0) is 36.8 Å². The van der Waals surface area contributed by atoms with Gasteiger partial charge in [-0.25, -0.2) is 9.78 Å². The van der Waals surface area contributed by atoms with E-state index in [9.17, 15) is 4.79 Å². The van der Waals surface area contributed by atoms with Crippen molar-refractivity contribution in [3.8, 4) is 0 Å². The van der Waals surface area contributed by atoms with E-state index in [1.807, 2.05) is 13.0 Å². The van der Waals surface area contributed by atoms with Gasteiger partial charge in [-0.3, -0.25) is 5.32 Å². The average Bonchev–Trinajstić information content (AvgIpc) is 2.18. The van der Waals surface area contributed by atoms with E-state index in [-0.39, 0.29) is 0 Å². The summed E-state index contributed by atoms with van der Waals surface area (Å²) in [6.07, 6.45) is -1.12. The van der Waals surface area contributed by atoms with Gasteiger partial charge in [-0.15, -0.1) is 0 Å². The highest BCUT2D eigenvalue weighted by Crippen LogP contribution is 2.22.